The molecule has 0 saturated heterocycles. The van der Waals surface area contributed by atoms with Crippen LogP contribution in [0, 0.1) is 19.8 Å². The monoisotopic (exact) mass is 277 g/mol. The fraction of sp³-hybridized carbons (Fsp3) is 0.667. The van der Waals surface area contributed by atoms with E-state index in [0.29, 0.717) is 12.0 Å². The zero-order chi connectivity index (χ0) is 15.1. The first-order valence-electron chi connectivity index (χ1n) is 7.91. The highest BCUT2D eigenvalue weighted by atomic mass is 16.5. The van der Waals surface area contributed by atoms with Crippen molar-refractivity contribution in [2.75, 3.05) is 14.2 Å². The van der Waals surface area contributed by atoms with E-state index in [2.05, 4.69) is 52.2 Å². The zero-order valence-electron chi connectivity index (χ0n) is 14.0. The lowest BCUT2D eigenvalue weighted by Crippen LogP contribution is -2.26. The molecule has 1 rings (SSSR count). The quantitative estimate of drug-likeness (QED) is 0.737. The molecule has 2 heteroatoms. The van der Waals surface area contributed by atoms with Crippen molar-refractivity contribution >= 4 is 0 Å². The van der Waals surface area contributed by atoms with Crippen molar-refractivity contribution in [3.05, 3.63) is 28.8 Å². The molecule has 1 aromatic rings. The second-order valence-corrected chi connectivity index (χ2v) is 5.73. The number of ether oxygens (including phenoxy) is 1. The summed E-state index contributed by atoms with van der Waals surface area (Å²) >= 11 is 0. The average Bonchev–Trinajstić information content (AvgIpc) is 2.44. The van der Waals surface area contributed by atoms with Gasteiger partial charge in [-0.25, -0.2) is 0 Å². The zero-order valence-corrected chi connectivity index (χ0v) is 14.0. The van der Waals surface area contributed by atoms with Crippen LogP contribution in [0.25, 0.3) is 0 Å². The minimum Gasteiger partial charge on any atom is -0.496 e. The molecule has 0 fully saturated rings. The Kier molecular flexibility index (Phi) is 7.08. The van der Waals surface area contributed by atoms with Gasteiger partial charge in [0.15, 0.2) is 0 Å². The van der Waals surface area contributed by atoms with Crippen LogP contribution < -0.4 is 10.1 Å². The Morgan fingerprint density at radius 3 is 2.15 bits per heavy atom. The summed E-state index contributed by atoms with van der Waals surface area (Å²) in [5.41, 5.74) is 3.87. The van der Waals surface area contributed by atoms with Gasteiger partial charge in [0.2, 0.25) is 0 Å². The number of hydrogen-bond donors (Lipinski definition) is 1. The van der Waals surface area contributed by atoms with Gasteiger partial charge in [-0.2, -0.15) is 0 Å². The standard InChI is InChI=1S/C18H31NO/c1-7-9-15(10-8-2)17(19-5)16-12-11-13(3)14(4)18(16)20-6/h11-12,15,17,19H,7-10H2,1-6H3. The van der Waals surface area contributed by atoms with Crippen LogP contribution in [0.5, 0.6) is 5.75 Å². The minimum absolute atomic E-state index is 0.379. The van der Waals surface area contributed by atoms with Crippen LogP contribution in [0.3, 0.4) is 0 Å². The second kappa shape index (κ2) is 8.31. The van der Waals surface area contributed by atoms with Crippen molar-refractivity contribution in [2.45, 2.75) is 59.4 Å². The van der Waals surface area contributed by atoms with Crippen molar-refractivity contribution in [2.24, 2.45) is 5.92 Å². The molecular weight excluding hydrogens is 246 g/mol. The van der Waals surface area contributed by atoms with E-state index >= 15 is 0 Å². The molecule has 0 spiro atoms. The van der Waals surface area contributed by atoms with Crippen molar-refractivity contribution in [1.82, 2.24) is 5.32 Å². The van der Waals surface area contributed by atoms with Crippen LogP contribution >= 0.6 is 0 Å². The first-order chi connectivity index (χ1) is 9.60. The van der Waals surface area contributed by atoms with Crippen LogP contribution in [-0.2, 0) is 0 Å². The number of benzene rings is 1. The van der Waals surface area contributed by atoms with Crippen LogP contribution in [0.1, 0.15) is 62.3 Å². The summed E-state index contributed by atoms with van der Waals surface area (Å²) < 4.78 is 5.71. The molecule has 0 aliphatic heterocycles. The third-order valence-corrected chi connectivity index (χ3v) is 4.35. The van der Waals surface area contributed by atoms with Crippen molar-refractivity contribution in [1.29, 1.82) is 0 Å². The average molecular weight is 277 g/mol. The lowest BCUT2D eigenvalue weighted by molar-refractivity contribution is 0.317. The van der Waals surface area contributed by atoms with E-state index in [1.165, 1.54) is 42.4 Å². The molecule has 1 unspecified atom stereocenters. The highest BCUT2D eigenvalue weighted by Crippen LogP contribution is 2.37. The Morgan fingerprint density at radius 2 is 1.70 bits per heavy atom. The number of hydrogen-bond acceptors (Lipinski definition) is 2. The van der Waals surface area contributed by atoms with Gasteiger partial charge in [0, 0.05) is 11.6 Å². The summed E-state index contributed by atoms with van der Waals surface area (Å²) in [4.78, 5) is 0. The summed E-state index contributed by atoms with van der Waals surface area (Å²) in [6.45, 7) is 8.84. The third kappa shape index (κ3) is 3.76. The Bertz CT molecular complexity index is 408. The largest absolute Gasteiger partial charge is 0.496 e. The molecule has 0 aliphatic rings. The highest BCUT2D eigenvalue weighted by molar-refractivity contribution is 5.47. The molecule has 0 aromatic heterocycles. The van der Waals surface area contributed by atoms with E-state index < -0.39 is 0 Å². The molecule has 0 bridgehead atoms. The Labute approximate surface area is 124 Å². The van der Waals surface area contributed by atoms with Crippen molar-refractivity contribution < 1.29 is 4.74 Å². The summed E-state index contributed by atoms with van der Waals surface area (Å²) in [6, 6.07) is 4.83. The number of methoxy groups -OCH3 is 1. The first-order valence-corrected chi connectivity index (χ1v) is 7.91. The van der Waals surface area contributed by atoms with Gasteiger partial charge in [0.05, 0.1) is 7.11 Å². The molecule has 0 saturated carbocycles. The molecule has 114 valence electrons. The van der Waals surface area contributed by atoms with Gasteiger partial charge in [-0.3, -0.25) is 0 Å². The molecule has 20 heavy (non-hydrogen) atoms. The molecule has 2 nitrogen and oxygen atoms in total. The molecule has 0 amide bonds. The van der Waals surface area contributed by atoms with E-state index in [1.54, 1.807) is 7.11 Å². The topological polar surface area (TPSA) is 21.3 Å². The van der Waals surface area contributed by atoms with E-state index in [1.807, 2.05) is 0 Å². The lowest BCUT2D eigenvalue weighted by atomic mass is 9.84. The van der Waals surface area contributed by atoms with Crippen molar-refractivity contribution in [3.8, 4) is 5.75 Å². The highest BCUT2D eigenvalue weighted by Gasteiger charge is 2.24. The molecule has 0 aliphatic carbocycles. The Morgan fingerprint density at radius 1 is 1.10 bits per heavy atom. The second-order valence-electron chi connectivity index (χ2n) is 5.73. The summed E-state index contributed by atoms with van der Waals surface area (Å²) in [5, 5.41) is 3.53. The van der Waals surface area contributed by atoms with Crippen LogP contribution in [0.4, 0.5) is 0 Å². The predicted octanol–water partition coefficient (Wildman–Crippen LogP) is 4.79. The minimum atomic E-state index is 0.379. The fourth-order valence-electron chi connectivity index (χ4n) is 3.19. The maximum Gasteiger partial charge on any atom is 0.126 e. The Hall–Kier alpha value is -1.02. The van der Waals surface area contributed by atoms with Crippen LogP contribution in [-0.4, -0.2) is 14.2 Å². The SMILES string of the molecule is CCCC(CCC)C(NC)c1ccc(C)c(C)c1OC. The van der Waals surface area contributed by atoms with Gasteiger partial charge in [0.25, 0.3) is 0 Å². The summed E-state index contributed by atoms with van der Waals surface area (Å²) in [6.07, 6.45) is 4.98. The number of nitrogens with one attached hydrogen (secondary N) is 1. The van der Waals surface area contributed by atoms with E-state index in [4.69, 9.17) is 4.74 Å². The molecular formula is C18H31NO. The van der Waals surface area contributed by atoms with E-state index in [9.17, 15) is 0 Å². The lowest BCUT2D eigenvalue weighted by Gasteiger charge is -2.29. The smallest absolute Gasteiger partial charge is 0.126 e. The van der Waals surface area contributed by atoms with Gasteiger partial charge in [0.1, 0.15) is 5.75 Å². The molecule has 0 heterocycles. The first kappa shape index (κ1) is 17.0. The molecule has 1 atom stereocenters. The predicted molar refractivity (Wildman–Crippen MR) is 87.6 cm³/mol. The number of rotatable bonds is 8. The van der Waals surface area contributed by atoms with Crippen LogP contribution in [0.15, 0.2) is 12.1 Å². The summed E-state index contributed by atoms with van der Waals surface area (Å²) in [5.74, 6) is 1.73. The van der Waals surface area contributed by atoms with Gasteiger partial charge < -0.3 is 10.1 Å². The van der Waals surface area contributed by atoms with Gasteiger partial charge in [-0.05, 0) is 50.8 Å². The molecule has 1 aromatic carbocycles. The van der Waals surface area contributed by atoms with Crippen LogP contribution in [0.2, 0.25) is 0 Å². The number of aryl methyl sites for hydroxylation is 1. The summed E-state index contributed by atoms with van der Waals surface area (Å²) in [7, 11) is 3.85. The maximum atomic E-state index is 5.71. The van der Waals surface area contributed by atoms with Gasteiger partial charge >= 0.3 is 0 Å². The van der Waals surface area contributed by atoms with Gasteiger partial charge in [-0.1, -0.05) is 38.8 Å². The Balaban J connectivity index is 3.19. The van der Waals surface area contributed by atoms with E-state index in [0.717, 1.165) is 5.75 Å². The van der Waals surface area contributed by atoms with Gasteiger partial charge in [-0.15, -0.1) is 0 Å². The molecule has 0 radical (unpaired) electrons. The normalized spacial score (nSPS) is 12.8. The van der Waals surface area contributed by atoms with Crippen molar-refractivity contribution in [3.63, 3.8) is 0 Å². The third-order valence-electron chi connectivity index (χ3n) is 4.35. The fourth-order valence-corrected chi connectivity index (χ4v) is 3.19. The maximum absolute atomic E-state index is 5.71. The molecule has 1 N–H and O–H groups in total. The van der Waals surface area contributed by atoms with E-state index in [-0.39, 0.29) is 0 Å².